The summed E-state index contributed by atoms with van der Waals surface area (Å²) in [7, 11) is 1.55. The lowest BCUT2D eigenvalue weighted by atomic mass is 10.1. The third kappa shape index (κ3) is 4.09. The number of nitrogens with one attached hydrogen (secondary N) is 2. The number of methoxy groups -OCH3 is 1. The van der Waals surface area contributed by atoms with E-state index in [2.05, 4.69) is 16.7 Å². The molecule has 0 bridgehead atoms. The van der Waals surface area contributed by atoms with E-state index in [1.165, 1.54) is 5.57 Å². The highest BCUT2D eigenvalue weighted by molar-refractivity contribution is 5.95. The number of hydrogen-bond donors (Lipinski definition) is 2. The Morgan fingerprint density at radius 3 is 2.91 bits per heavy atom. The van der Waals surface area contributed by atoms with Gasteiger partial charge in [-0.25, -0.2) is 0 Å². The fourth-order valence-corrected chi connectivity index (χ4v) is 2.53. The molecule has 2 aliphatic rings. The smallest absolute Gasteiger partial charge is 0.251 e. The molecule has 0 aromatic heterocycles. The van der Waals surface area contributed by atoms with Gasteiger partial charge in [0.25, 0.3) is 5.91 Å². The molecule has 1 aromatic carbocycles. The third-order valence-electron chi connectivity index (χ3n) is 3.72. The molecule has 2 N–H and O–H groups in total. The van der Waals surface area contributed by atoms with Crippen molar-refractivity contribution in [3.63, 3.8) is 0 Å². The number of hydrogen-bond acceptors (Lipinski definition) is 5. The minimum atomic E-state index is -0.144. The SMILES string of the molecule is COc1cc(C(=O)NCC2=CCNCC2)cc2c1OCCO2.Cl. The quantitative estimate of drug-likeness (QED) is 0.814. The van der Waals surface area contributed by atoms with Crippen molar-refractivity contribution in [2.75, 3.05) is 40.0 Å². The van der Waals surface area contributed by atoms with Gasteiger partial charge in [-0.2, -0.15) is 0 Å². The van der Waals surface area contributed by atoms with Crippen molar-refractivity contribution in [1.82, 2.24) is 10.6 Å². The molecule has 0 aliphatic carbocycles. The molecular formula is C16H21ClN2O4. The zero-order chi connectivity index (χ0) is 15.4. The molecule has 0 unspecified atom stereocenters. The van der Waals surface area contributed by atoms with Crippen LogP contribution < -0.4 is 24.8 Å². The second-order valence-electron chi connectivity index (χ2n) is 5.20. The Balaban J connectivity index is 0.00000192. The van der Waals surface area contributed by atoms with E-state index in [1.807, 2.05) is 0 Å². The Morgan fingerprint density at radius 1 is 1.35 bits per heavy atom. The molecule has 6 nitrogen and oxygen atoms in total. The first-order valence-corrected chi connectivity index (χ1v) is 7.42. The summed E-state index contributed by atoms with van der Waals surface area (Å²) < 4.78 is 16.4. The molecule has 23 heavy (non-hydrogen) atoms. The second-order valence-corrected chi connectivity index (χ2v) is 5.20. The normalized spacial score (nSPS) is 16.0. The zero-order valence-corrected chi connectivity index (χ0v) is 13.8. The lowest BCUT2D eigenvalue weighted by Gasteiger charge is -2.21. The fraction of sp³-hybridized carbons (Fsp3) is 0.438. The summed E-state index contributed by atoms with van der Waals surface area (Å²) in [5.41, 5.74) is 1.76. The van der Waals surface area contributed by atoms with Gasteiger partial charge in [0.1, 0.15) is 13.2 Å². The van der Waals surface area contributed by atoms with Crippen LogP contribution in [0.25, 0.3) is 0 Å². The number of amides is 1. The van der Waals surface area contributed by atoms with Crippen molar-refractivity contribution in [2.45, 2.75) is 6.42 Å². The highest BCUT2D eigenvalue weighted by Crippen LogP contribution is 2.40. The molecule has 7 heteroatoms. The van der Waals surface area contributed by atoms with Gasteiger partial charge in [-0.05, 0) is 25.1 Å². The van der Waals surface area contributed by atoms with E-state index in [0.29, 0.717) is 42.6 Å². The summed E-state index contributed by atoms with van der Waals surface area (Å²) in [5.74, 6) is 1.49. The van der Waals surface area contributed by atoms with Crippen LogP contribution in [0.15, 0.2) is 23.8 Å². The standard InChI is InChI=1S/C16H20N2O4.ClH/c1-20-13-8-12(9-14-15(13)22-7-6-21-14)16(19)18-10-11-2-4-17-5-3-11;/h2,8-9,17H,3-7,10H2,1H3,(H,18,19);1H. The van der Waals surface area contributed by atoms with Gasteiger partial charge in [0.2, 0.25) is 5.75 Å². The molecule has 0 radical (unpaired) electrons. The second kappa shape index (κ2) is 8.08. The van der Waals surface area contributed by atoms with Gasteiger partial charge in [-0.3, -0.25) is 4.79 Å². The summed E-state index contributed by atoms with van der Waals surface area (Å²) >= 11 is 0. The summed E-state index contributed by atoms with van der Waals surface area (Å²) in [6, 6.07) is 3.38. The summed E-state index contributed by atoms with van der Waals surface area (Å²) in [4.78, 5) is 12.3. The first-order chi connectivity index (χ1) is 10.8. The van der Waals surface area contributed by atoms with Crippen LogP contribution in [0.2, 0.25) is 0 Å². The van der Waals surface area contributed by atoms with E-state index < -0.39 is 0 Å². The van der Waals surface area contributed by atoms with E-state index in [0.717, 1.165) is 19.5 Å². The minimum Gasteiger partial charge on any atom is -0.493 e. The zero-order valence-electron chi connectivity index (χ0n) is 13.0. The number of benzene rings is 1. The van der Waals surface area contributed by atoms with E-state index in [4.69, 9.17) is 14.2 Å². The average molecular weight is 341 g/mol. The molecule has 0 fully saturated rings. The first-order valence-electron chi connectivity index (χ1n) is 7.42. The molecule has 2 heterocycles. The topological polar surface area (TPSA) is 68.8 Å². The Labute approximate surface area is 141 Å². The van der Waals surface area contributed by atoms with Crippen LogP contribution in [0.5, 0.6) is 17.2 Å². The van der Waals surface area contributed by atoms with E-state index >= 15 is 0 Å². The van der Waals surface area contributed by atoms with Gasteiger partial charge < -0.3 is 24.8 Å². The van der Waals surface area contributed by atoms with Crippen molar-refractivity contribution < 1.29 is 19.0 Å². The van der Waals surface area contributed by atoms with Crippen LogP contribution in [0, 0.1) is 0 Å². The van der Waals surface area contributed by atoms with Crippen LogP contribution in [0.4, 0.5) is 0 Å². The number of ether oxygens (including phenoxy) is 3. The molecule has 0 spiro atoms. The van der Waals surface area contributed by atoms with Crippen molar-refractivity contribution in [2.24, 2.45) is 0 Å². The van der Waals surface area contributed by atoms with Crippen LogP contribution >= 0.6 is 12.4 Å². The van der Waals surface area contributed by atoms with E-state index in [1.54, 1.807) is 19.2 Å². The van der Waals surface area contributed by atoms with Gasteiger partial charge in [0.15, 0.2) is 11.5 Å². The maximum absolute atomic E-state index is 12.3. The lowest BCUT2D eigenvalue weighted by molar-refractivity contribution is 0.0954. The third-order valence-corrected chi connectivity index (χ3v) is 3.72. The van der Waals surface area contributed by atoms with Crippen molar-refractivity contribution >= 4 is 18.3 Å². The molecule has 2 aliphatic heterocycles. The van der Waals surface area contributed by atoms with Gasteiger partial charge in [0.05, 0.1) is 7.11 Å². The minimum absolute atomic E-state index is 0. The van der Waals surface area contributed by atoms with Crippen LogP contribution in [-0.2, 0) is 0 Å². The van der Waals surface area contributed by atoms with Gasteiger partial charge >= 0.3 is 0 Å². The molecule has 0 saturated carbocycles. The van der Waals surface area contributed by atoms with Gasteiger partial charge in [-0.15, -0.1) is 12.4 Å². The summed E-state index contributed by atoms with van der Waals surface area (Å²) in [5, 5.41) is 6.19. The van der Waals surface area contributed by atoms with Crippen molar-refractivity contribution in [3.8, 4) is 17.2 Å². The monoisotopic (exact) mass is 340 g/mol. The Bertz CT molecular complexity index is 587. The first kappa shape index (κ1) is 17.4. The van der Waals surface area contributed by atoms with Crippen LogP contribution in [-0.4, -0.2) is 45.9 Å². The van der Waals surface area contributed by atoms with Crippen molar-refractivity contribution in [3.05, 3.63) is 29.3 Å². The van der Waals surface area contributed by atoms with Crippen molar-refractivity contribution in [1.29, 1.82) is 0 Å². The Morgan fingerprint density at radius 2 is 2.17 bits per heavy atom. The molecule has 3 rings (SSSR count). The fourth-order valence-electron chi connectivity index (χ4n) is 2.53. The van der Waals surface area contributed by atoms with Gasteiger partial charge in [-0.1, -0.05) is 11.6 Å². The van der Waals surface area contributed by atoms with Crippen LogP contribution in [0.1, 0.15) is 16.8 Å². The Hall–Kier alpha value is -1.92. The number of halogens is 1. The number of rotatable bonds is 4. The van der Waals surface area contributed by atoms with Gasteiger partial charge in [0, 0.05) is 18.7 Å². The average Bonchev–Trinajstić information content (AvgIpc) is 2.59. The lowest BCUT2D eigenvalue weighted by Crippen LogP contribution is -2.29. The highest BCUT2D eigenvalue weighted by Gasteiger charge is 2.20. The number of carbonyl (C=O) groups is 1. The highest BCUT2D eigenvalue weighted by atomic mass is 35.5. The number of fused-ring (bicyclic) bond motifs is 1. The molecular weight excluding hydrogens is 320 g/mol. The number of carbonyl (C=O) groups excluding carboxylic acids is 1. The molecule has 1 amide bonds. The van der Waals surface area contributed by atoms with E-state index in [9.17, 15) is 4.79 Å². The largest absolute Gasteiger partial charge is 0.493 e. The predicted octanol–water partition coefficient (Wildman–Crippen LogP) is 1.54. The summed E-state index contributed by atoms with van der Waals surface area (Å²) in [6.07, 6.45) is 3.08. The van der Waals surface area contributed by atoms with Crippen LogP contribution in [0.3, 0.4) is 0 Å². The van der Waals surface area contributed by atoms with E-state index in [-0.39, 0.29) is 18.3 Å². The maximum Gasteiger partial charge on any atom is 0.251 e. The Kier molecular flexibility index (Phi) is 6.12. The molecule has 0 atom stereocenters. The maximum atomic E-state index is 12.3. The predicted molar refractivity (Wildman–Crippen MR) is 89.1 cm³/mol. The molecule has 1 aromatic rings. The molecule has 0 saturated heterocycles. The molecule has 126 valence electrons. The summed E-state index contributed by atoms with van der Waals surface area (Å²) in [6.45, 7) is 3.35.